The first-order valence-corrected chi connectivity index (χ1v) is 7.27. The Kier molecular flexibility index (Phi) is 4.94. The van der Waals surface area contributed by atoms with Crippen molar-refractivity contribution < 1.29 is 8.78 Å². The highest BCUT2D eigenvalue weighted by Gasteiger charge is 2.20. The lowest BCUT2D eigenvalue weighted by Gasteiger charge is -2.28. The van der Waals surface area contributed by atoms with Crippen molar-refractivity contribution in [1.29, 1.82) is 5.26 Å². The second kappa shape index (κ2) is 6.69. The molecule has 1 fully saturated rings. The van der Waals surface area contributed by atoms with Crippen molar-refractivity contribution in [3.8, 4) is 6.07 Å². The fourth-order valence-corrected chi connectivity index (χ4v) is 2.87. The van der Waals surface area contributed by atoms with Gasteiger partial charge in [-0.2, -0.15) is 5.26 Å². The van der Waals surface area contributed by atoms with E-state index < -0.39 is 11.6 Å². The van der Waals surface area contributed by atoms with Crippen LogP contribution in [-0.2, 0) is 0 Å². The average molecular weight is 278 g/mol. The fraction of sp³-hybridized carbons (Fsp3) is 0.562. The molecular weight excluding hydrogens is 258 g/mol. The first kappa shape index (κ1) is 14.8. The summed E-state index contributed by atoms with van der Waals surface area (Å²) in [4.78, 5) is 0. The molecule has 0 aromatic heterocycles. The molecule has 2 nitrogen and oxygen atoms in total. The Bertz CT molecular complexity index is 500. The van der Waals surface area contributed by atoms with E-state index in [2.05, 4.69) is 12.2 Å². The number of anilines is 1. The van der Waals surface area contributed by atoms with E-state index >= 15 is 0 Å². The van der Waals surface area contributed by atoms with Crippen LogP contribution in [0, 0.1) is 34.8 Å². The summed E-state index contributed by atoms with van der Waals surface area (Å²) >= 11 is 0. The Labute approximate surface area is 118 Å². The van der Waals surface area contributed by atoms with Gasteiger partial charge in [0.05, 0.1) is 11.3 Å². The van der Waals surface area contributed by atoms with Crippen LogP contribution in [0.25, 0.3) is 0 Å². The Morgan fingerprint density at radius 2 is 1.80 bits per heavy atom. The fourth-order valence-electron chi connectivity index (χ4n) is 2.87. The smallest absolute Gasteiger partial charge is 0.183 e. The number of nitriles is 1. The summed E-state index contributed by atoms with van der Waals surface area (Å²) in [7, 11) is 0. The van der Waals surface area contributed by atoms with Gasteiger partial charge in [0.15, 0.2) is 11.6 Å². The third-order valence-corrected chi connectivity index (χ3v) is 4.33. The van der Waals surface area contributed by atoms with E-state index in [-0.39, 0.29) is 11.3 Å². The van der Waals surface area contributed by atoms with Crippen LogP contribution in [0.3, 0.4) is 0 Å². The maximum Gasteiger partial charge on any atom is 0.183 e. The molecule has 0 saturated heterocycles. The van der Waals surface area contributed by atoms with Gasteiger partial charge in [0, 0.05) is 6.54 Å². The number of benzene rings is 1. The van der Waals surface area contributed by atoms with Gasteiger partial charge in [-0.15, -0.1) is 0 Å². The minimum absolute atomic E-state index is 0.152. The standard InChI is InChI=1S/C16H20F2N2/c1-2-11-3-5-12(6-4-11)10-20-14-8-7-13(9-19)15(17)16(14)18/h7-8,11-12,20H,2-6,10H2,1H3. The Morgan fingerprint density at radius 1 is 1.15 bits per heavy atom. The summed E-state index contributed by atoms with van der Waals surface area (Å²) in [6.07, 6.45) is 5.98. The second-order valence-electron chi connectivity index (χ2n) is 5.58. The molecule has 1 saturated carbocycles. The first-order valence-electron chi connectivity index (χ1n) is 7.27. The summed E-state index contributed by atoms with van der Waals surface area (Å²) in [6, 6.07) is 4.39. The van der Waals surface area contributed by atoms with E-state index in [0.29, 0.717) is 12.5 Å². The normalized spacial score (nSPS) is 22.3. The summed E-state index contributed by atoms with van der Waals surface area (Å²) in [5.74, 6) is -0.662. The van der Waals surface area contributed by atoms with Gasteiger partial charge in [-0.25, -0.2) is 8.78 Å². The van der Waals surface area contributed by atoms with Crippen LogP contribution in [-0.4, -0.2) is 6.54 Å². The third-order valence-electron chi connectivity index (χ3n) is 4.33. The number of nitrogens with one attached hydrogen (secondary N) is 1. The van der Waals surface area contributed by atoms with Gasteiger partial charge < -0.3 is 5.32 Å². The van der Waals surface area contributed by atoms with E-state index in [4.69, 9.17) is 5.26 Å². The van der Waals surface area contributed by atoms with Gasteiger partial charge in [0.1, 0.15) is 6.07 Å². The Hall–Kier alpha value is -1.63. The van der Waals surface area contributed by atoms with Gasteiger partial charge in [0.2, 0.25) is 0 Å². The van der Waals surface area contributed by atoms with Crippen LogP contribution in [0.5, 0.6) is 0 Å². The summed E-state index contributed by atoms with van der Waals surface area (Å²) in [6.45, 7) is 2.89. The quantitative estimate of drug-likeness (QED) is 0.882. The number of halogens is 2. The summed E-state index contributed by atoms with van der Waals surface area (Å²) in [5, 5.41) is 11.6. The van der Waals surface area contributed by atoms with Crippen LogP contribution >= 0.6 is 0 Å². The minimum Gasteiger partial charge on any atom is -0.382 e. The molecule has 0 amide bonds. The van der Waals surface area contributed by atoms with Gasteiger partial charge in [-0.1, -0.05) is 26.2 Å². The van der Waals surface area contributed by atoms with Gasteiger partial charge in [-0.3, -0.25) is 0 Å². The highest BCUT2D eigenvalue weighted by molar-refractivity contribution is 5.49. The largest absolute Gasteiger partial charge is 0.382 e. The molecule has 20 heavy (non-hydrogen) atoms. The molecule has 2 rings (SSSR count). The lowest BCUT2D eigenvalue weighted by molar-refractivity contribution is 0.278. The highest BCUT2D eigenvalue weighted by atomic mass is 19.2. The molecule has 0 bridgehead atoms. The van der Waals surface area contributed by atoms with E-state index in [1.54, 1.807) is 6.07 Å². The van der Waals surface area contributed by atoms with Gasteiger partial charge in [-0.05, 0) is 36.8 Å². The number of rotatable bonds is 4. The van der Waals surface area contributed by atoms with Crippen LogP contribution < -0.4 is 5.32 Å². The van der Waals surface area contributed by atoms with Crippen LogP contribution in [0.15, 0.2) is 12.1 Å². The average Bonchev–Trinajstić information content (AvgIpc) is 2.49. The van der Waals surface area contributed by atoms with E-state index in [1.165, 1.54) is 31.4 Å². The molecule has 0 radical (unpaired) electrons. The van der Waals surface area contributed by atoms with Gasteiger partial charge >= 0.3 is 0 Å². The summed E-state index contributed by atoms with van der Waals surface area (Å²) < 4.78 is 27.2. The molecule has 0 spiro atoms. The summed E-state index contributed by atoms with van der Waals surface area (Å²) in [5.41, 5.74) is -0.101. The Balaban J connectivity index is 1.92. The van der Waals surface area contributed by atoms with Crippen molar-refractivity contribution in [1.82, 2.24) is 0 Å². The molecule has 0 heterocycles. The van der Waals surface area contributed by atoms with E-state index in [0.717, 1.165) is 18.8 Å². The van der Waals surface area contributed by atoms with Crippen molar-refractivity contribution in [2.45, 2.75) is 39.0 Å². The van der Waals surface area contributed by atoms with E-state index in [1.807, 2.05) is 0 Å². The van der Waals surface area contributed by atoms with Crippen LogP contribution in [0.2, 0.25) is 0 Å². The molecule has 0 atom stereocenters. The van der Waals surface area contributed by atoms with Crippen molar-refractivity contribution in [3.63, 3.8) is 0 Å². The zero-order valence-corrected chi connectivity index (χ0v) is 11.8. The van der Waals surface area contributed by atoms with Gasteiger partial charge in [0.25, 0.3) is 0 Å². The topological polar surface area (TPSA) is 35.8 Å². The monoisotopic (exact) mass is 278 g/mol. The number of nitrogens with zero attached hydrogens (tertiary/aromatic N) is 1. The molecule has 0 unspecified atom stereocenters. The molecule has 1 N–H and O–H groups in total. The SMILES string of the molecule is CCC1CCC(CNc2ccc(C#N)c(F)c2F)CC1. The lowest BCUT2D eigenvalue weighted by Crippen LogP contribution is -2.21. The molecule has 1 aromatic rings. The Morgan fingerprint density at radius 3 is 2.40 bits per heavy atom. The van der Waals surface area contributed by atoms with Crippen LogP contribution in [0.4, 0.5) is 14.5 Å². The molecular formula is C16H20F2N2. The molecule has 4 heteroatoms. The third kappa shape index (κ3) is 3.27. The first-order chi connectivity index (χ1) is 9.65. The molecule has 1 aliphatic carbocycles. The number of hydrogen-bond acceptors (Lipinski definition) is 2. The second-order valence-corrected chi connectivity index (χ2v) is 5.58. The van der Waals surface area contributed by atoms with Crippen molar-refractivity contribution >= 4 is 5.69 Å². The zero-order chi connectivity index (χ0) is 14.5. The van der Waals surface area contributed by atoms with E-state index in [9.17, 15) is 8.78 Å². The predicted octanol–water partition coefficient (Wildman–Crippen LogP) is 4.46. The van der Waals surface area contributed by atoms with Crippen molar-refractivity contribution in [2.75, 3.05) is 11.9 Å². The lowest BCUT2D eigenvalue weighted by atomic mass is 9.81. The number of hydrogen-bond donors (Lipinski definition) is 1. The highest BCUT2D eigenvalue weighted by Crippen LogP contribution is 2.31. The molecule has 1 aromatic carbocycles. The minimum atomic E-state index is -1.06. The zero-order valence-electron chi connectivity index (χ0n) is 11.8. The molecule has 0 aliphatic heterocycles. The van der Waals surface area contributed by atoms with Crippen LogP contribution in [0.1, 0.15) is 44.6 Å². The van der Waals surface area contributed by atoms with Crippen molar-refractivity contribution in [3.05, 3.63) is 29.3 Å². The molecule has 1 aliphatic rings. The predicted molar refractivity (Wildman–Crippen MR) is 75.3 cm³/mol. The molecule has 108 valence electrons. The van der Waals surface area contributed by atoms with Crippen molar-refractivity contribution in [2.24, 2.45) is 11.8 Å². The maximum absolute atomic E-state index is 13.7. The maximum atomic E-state index is 13.7.